The molecule has 24 heavy (non-hydrogen) atoms. The largest absolute Gasteiger partial charge is 0.378 e. The van der Waals surface area contributed by atoms with Crippen LogP contribution in [0.3, 0.4) is 0 Å². The fraction of sp³-hybridized carbons (Fsp3) is 0.765. The maximum Gasteiger partial charge on any atom is 0.317 e. The average Bonchev–Trinajstić information content (AvgIpc) is 2.99. The van der Waals surface area contributed by atoms with Gasteiger partial charge in [-0.15, -0.1) is 0 Å². The summed E-state index contributed by atoms with van der Waals surface area (Å²) in [6.07, 6.45) is 5.69. The van der Waals surface area contributed by atoms with Crippen LogP contribution in [0.1, 0.15) is 32.5 Å². The molecule has 3 rings (SSSR count). The van der Waals surface area contributed by atoms with E-state index in [1.54, 1.807) is 6.20 Å². The fourth-order valence-corrected chi connectivity index (χ4v) is 3.42. The van der Waals surface area contributed by atoms with Crippen LogP contribution in [-0.4, -0.2) is 59.0 Å². The van der Waals surface area contributed by atoms with Gasteiger partial charge in [0, 0.05) is 32.1 Å². The summed E-state index contributed by atoms with van der Waals surface area (Å²) in [4.78, 5) is 18.7. The molecule has 2 amide bonds. The highest BCUT2D eigenvalue weighted by atomic mass is 16.5. The minimum Gasteiger partial charge on any atom is -0.378 e. The van der Waals surface area contributed by atoms with Crippen LogP contribution < -0.4 is 5.32 Å². The molecule has 1 spiro atoms. The van der Waals surface area contributed by atoms with Gasteiger partial charge < -0.3 is 24.3 Å². The first-order valence-electron chi connectivity index (χ1n) is 8.82. The lowest BCUT2D eigenvalue weighted by molar-refractivity contribution is -0.160. The molecular weight excluding hydrogens is 308 g/mol. The van der Waals surface area contributed by atoms with Gasteiger partial charge in [0.1, 0.15) is 11.4 Å². The average molecular weight is 336 g/mol. The van der Waals surface area contributed by atoms with Crippen LogP contribution in [0.2, 0.25) is 0 Å². The molecule has 3 heterocycles. The van der Waals surface area contributed by atoms with Gasteiger partial charge in [0.05, 0.1) is 26.3 Å². The zero-order valence-corrected chi connectivity index (χ0v) is 14.7. The van der Waals surface area contributed by atoms with E-state index in [9.17, 15) is 4.79 Å². The van der Waals surface area contributed by atoms with E-state index < -0.39 is 0 Å². The van der Waals surface area contributed by atoms with Crippen molar-refractivity contribution in [2.75, 3.05) is 32.9 Å². The molecule has 7 heteroatoms. The van der Waals surface area contributed by atoms with Gasteiger partial charge in [-0.05, 0) is 18.8 Å². The molecule has 2 aliphatic rings. The predicted molar refractivity (Wildman–Crippen MR) is 89.6 cm³/mol. The number of aromatic nitrogens is 2. The molecule has 1 atom stereocenters. The summed E-state index contributed by atoms with van der Waals surface area (Å²) in [6, 6.07) is -0.0534. The first-order chi connectivity index (χ1) is 11.6. The minimum atomic E-state index is -0.316. The Kier molecular flexibility index (Phi) is 5.40. The molecule has 2 fully saturated rings. The second kappa shape index (κ2) is 7.53. The zero-order chi connectivity index (χ0) is 17.0. The Bertz CT molecular complexity index is 546. The molecule has 1 N–H and O–H groups in total. The van der Waals surface area contributed by atoms with Crippen molar-refractivity contribution in [1.29, 1.82) is 0 Å². The Labute approximate surface area is 143 Å². The van der Waals surface area contributed by atoms with E-state index in [2.05, 4.69) is 28.7 Å². The summed E-state index contributed by atoms with van der Waals surface area (Å²) in [5.41, 5.74) is -0.316. The molecule has 0 aromatic carbocycles. The first kappa shape index (κ1) is 17.2. The number of ether oxygens (including phenoxy) is 2. The molecule has 1 unspecified atom stereocenters. The summed E-state index contributed by atoms with van der Waals surface area (Å²) >= 11 is 0. The van der Waals surface area contributed by atoms with Gasteiger partial charge in [-0.1, -0.05) is 13.8 Å². The molecule has 0 saturated carbocycles. The van der Waals surface area contributed by atoms with Crippen LogP contribution in [-0.2, 0) is 22.6 Å². The highest BCUT2D eigenvalue weighted by molar-refractivity contribution is 5.74. The summed E-state index contributed by atoms with van der Waals surface area (Å²) in [5, 5.41) is 3.00. The molecule has 0 radical (unpaired) electrons. The number of rotatable bonds is 4. The molecule has 0 aliphatic carbocycles. The van der Waals surface area contributed by atoms with Crippen LogP contribution >= 0.6 is 0 Å². The first-order valence-corrected chi connectivity index (χ1v) is 8.82. The maximum absolute atomic E-state index is 12.5. The van der Waals surface area contributed by atoms with Crippen molar-refractivity contribution in [3.05, 3.63) is 18.2 Å². The van der Waals surface area contributed by atoms with Gasteiger partial charge in [-0.3, -0.25) is 0 Å². The minimum absolute atomic E-state index is 0.0534. The van der Waals surface area contributed by atoms with Crippen molar-refractivity contribution in [3.8, 4) is 0 Å². The van der Waals surface area contributed by atoms with E-state index in [0.717, 1.165) is 31.8 Å². The second-order valence-corrected chi connectivity index (χ2v) is 7.16. The third kappa shape index (κ3) is 4.08. The number of amides is 2. The zero-order valence-electron chi connectivity index (χ0n) is 14.7. The van der Waals surface area contributed by atoms with Crippen molar-refractivity contribution in [3.63, 3.8) is 0 Å². The number of carbonyl (C=O) groups excluding carboxylic acids is 1. The molecule has 2 aliphatic heterocycles. The summed E-state index contributed by atoms with van der Waals surface area (Å²) < 4.78 is 13.6. The van der Waals surface area contributed by atoms with Crippen LogP contribution in [0.25, 0.3) is 0 Å². The van der Waals surface area contributed by atoms with E-state index in [-0.39, 0.29) is 11.6 Å². The number of nitrogens with zero attached hydrogens (tertiary/aromatic N) is 3. The molecular formula is C17H28N4O3. The van der Waals surface area contributed by atoms with Crippen molar-refractivity contribution in [1.82, 2.24) is 19.8 Å². The third-order valence-electron chi connectivity index (χ3n) is 4.58. The van der Waals surface area contributed by atoms with Crippen LogP contribution in [0.15, 0.2) is 12.4 Å². The van der Waals surface area contributed by atoms with Gasteiger partial charge in [0.2, 0.25) is 0 Å². The van der Waals surface area contributed by atoms with Crippen molar-refractivity contribution >= 4 is 6.03 Å². The highest BCUT2D eigenvalue weighted by Gasteiger charge is 2.40. The summed E-state index contributed by atoms with van der Waals surface area (Å²) in [7, 11) is 0. The summed E-state index contributed by atoms with van der Waals surface area (Å²) in [5.74, 6) is 1.43. The van der Waals surface area contributed by atoms with Crippen LogP contribution in [0.5, 0.6) is 0 Å². The molecule has 7 nitrogen and oxygen atoms in total. The second-order valence-electron chi connectivity index (χ2n) is 7.16. The number of nitrogens with one attached hydrogen (secondary N) is 1. The predicted octanol–water partition coefficient (Wildman–Crippen LogP) is 1.63. The normalized spacial score (nSPS) is 24.5. The topological polar surface area (TPSA) is 68.6 Å². The van der Waals surface area contributed by atoms with Crippen LogP contribution in [0.4, 0.5) is 4.79 Å². The number of imidazole rings is 1. The molecule has 134 valence electrons. The number of carbonyl (C=O) groups is 1. The standard InChI is InChI=1S/C17H28N4O3/c1-14(2)11-20-6-5-18-15(20)10-19-16(22)21-7-9-24-17(12-21)4-3-8-23-13-17/h5-6,14H,3-4,7-13H2,1-2H3,(H,19,22). The van der Waals surface area contributed by atoms with E-state index in [1.165, 1.54) is 0 Å². The van der Waals surface area contributed by atoms with Crippen molar-refractivity contribution < 1.29 is 14.3 Å². The lowest BCUT2D eigenvalue weighted by Gasteiger charge is -2.44. The van der Waals surface area contributed by atoms with Gasteiger partial charge in [-0.25, -0.2) is 9.78 Å². The van der Waals surface area contributed by atoms with E-state index in [4.69, 9.17) is 9.47 Å². The highest BCUT2D eigenvalue weighted by Crippen LogP contribution is 2.27. The SMILES string of the molecule is CC(C)Cn1ccnc1CNC(=O)N1CCOC2(CCCOC2)C1. The lowest BCUT2D eigenvalue weighted by atomic mass is 9.94. The van der Waals surface area contributed by atoms with Gasteiger partial charge in [-0.2, -0.15) is 0 Å². The fourth-order valence-electron chi connectivity index (χ4n) is 3.42. The maximum atomic E-state index is 12.5. The van der Waals surface area contributed by atoms with Gasteiger partial charge in [0.15, 0.2) is 0 Å². The Morgan fingerprint density at radius 3 is 3.08 bits per heavy atom. The Morgan fingerprint density at radius 1 is 1.46 bits per heavy atom. The van der Waals surface area contributed by atoms with Crippen molar-refractivity contribution in [2.45, 2.75) is 45.4 Å². The van der Waals surface area contributed by atoms with Crippen LogP contribution in [0, 0.1) is 5.92 Å². The monoisotopic (exact) mass is 336 g/mol. The van der Waals surface area contributed by atoms with E-state index >= 15 is 0 Å². The third-order valence-corrected chi connectivity index (χ3v) is 4.58. The number of hydrogen-bond donors (Lipinski definition) is 1. The number of morpholine rings is 1. The smallest absolute Gasteiger partial charge is 0.317 e. The van der Waals surface area contributed by atoms with Crippen molar-refractivity contribution in [2.24, 2.45) is 5.92 Å². The number of urea groups is 1. The Balaban J connectivity index is 1.54. The summed E-state index contributed by atoms with van der Waals surface area (Å²) in [6.45, 7) is 8.84. The van der Waals surface area contributed by atoms with E-state index in [1.807, 2.05) is 11.1 Å². The Hall–Kier alpha value is -1.60. The number of hydrogen-bond acceptors (Lipinski definition) is 4. The molecule has 0 bridgehead atoms. The molecule has 2 saturated heterocycles. The molecule has 1 aromatic heterocycles. The van der Waals surface area contributed by atoms with Gasteiger partial charge >= 0.3 is 6.03 Å². The molecule has 1 aromatic rings. The van der Waals surface area contributed by atoms with E-state index in [0.29, 0.717) is 38.8 Å². The lowest BCUT2D eigenvalue weighted by Crippen LogP contribution is -2.58. The quantitative estimate of drug-likeness (QED) is 0.907. The Morgan fingerprint density at radius 2 is 2.33 bits per heavy atom. The van der Waals surface area contributed by atoms with Gasteiger partial charge in [0.25, 0.3) is 0 Å².